The van der Waals surface area contributed by atoms with Crippen molar-refractivity contribution in [2.45, 2.75) is 11.8 Å². The third-order valence-electron chi connectivity index (χ3n) is 8.19. The van der Waals surface area contributed by atoms with Gasteiger partial charge in [-0.15, -0.1) is 0 Å². The van der Waals surface area contributed by atoms with Crippen LogP contribution in [0.3, 0.4) is 0 Å². The Morgan fingerprint density at radius 1 is 1.16 bits per heavy atom. The third kappa shape index (κ3) is 3.51. The highest BCUT2D eigenvalue weighted by molar-refractivity contribution is 6.18. The minimum atomic E-state index is -0.854. The molecule has 1 aliphatic heterocycles. The molecule has 2 fully saturated rings. The Morgan fingerprint density at radius 3 is 2.76 bits per heavy atom. The number of rotatable bonds is 6. The monoisotopic (exact) mass is 515 g/mol. The number of nitrogens with zero attached hydrogens (tertiary/aromatic N) is 4. The number of piperidine rings is 1. The average Bonchev–Trinajstić information content (AvgIpc) is 3.61. The van der Waals surface area contributed by atoms with E-state index in [9.17, 15) is 8.78 Å². The Balaban J connectivity index is 1.27. The fourth-order valence-corrected chi connectivity index (χ4v) is 6.26. The van der Waals surface area contributed by atoms with Crippen molar-refractivity contribution in [2.75, 3.05) is 37.4 Å². The van der Waals surface area contributed by atoms with Crippen LogP contribution in [0.5, 0.6) is 5.75 Å². The maximum atomic E-state index is 14.7. The normalized spacial score (nSPS) is 22.3. The van der Waals surface area contributed by atoms with E-state index >= 15 is 0 Å². The lowest BCUT2D eigenvalue weighted by Crippen LogP contribution is -2.33. The SMILES string of the molecule is COc1ccc(C(=N)c2ncc(N3CC[C@@H]4[C@H](C3)[C@@]4(CN)c3cccc(F)c3F)nc2N)c2cccnc12. The molecule has 1 saturated heterocycles. The molecule has 0 radical (unpaired) electrons. The van der Waals surface area contributed by atoms with Gasteiger partial charge in [0.2, 0.25) is 0 Å². The minimum absolute atomic E-state index is 0.0664. The number of hydrogen-bond donors (Lipinski definition) is 3. The van der Waals surface area contributed by atoms with E-state index in [0.29, 0.717) is 41.3 Å². The second-order valence-electron chi connectivity index (χ2n) is 9.85. The van der Waals surface area contributed by atoms with Crippen molar-refractivity contribution in [1.82, 2.24) is 15.0 Å². The molecule has 5 N–H and O–H groups in total. The molecule has 3 atom stereocenters. The number of hydrogen-bond acceptors (Lipinski definition) is 8. The van der Waals surface area contributed by atoms with Crippen molar-refractivity contribution in [2.24, 2.45) is 17.6 Å². The zero-order valence-electron chi connectivity index (χ0n) is 20.8. The molecule has 2 aromatic heterocycles. The van der Waals surface area contributed by atoms with E-state index in [1.165, 1.54) is 6.07 Å². The maximum Gasteiger partial charge on any atom is 0.162 e. The summed E-state index contributed by atoms with van der Waals surface area (Å²) in [6.45, 7) is 1.49. The first-order valence-electron chi connectivity index (χ1n) is 12.4. The van der Waals surface area contributed by atoms with E-state index in [-0.39, 0.29) is 35.6 Å². The smallest absolute Gasteiger partial charge is 0.162 e. The van der Waals surface area contributed by atoms with Crippen LogP contribution in [-0.4, -0.2) is 47.4 Å². The van der Waals surface area contributed by atoms with Gasteiger partial charge in [-0.25, -0.2) is 18.7 Å². The van der Waals surface area contributed by atoms with Crippen molar-refractivity contribution in [1.29, 1.82) is 5.41 Å². The van der Waals surface area contributed by atoms with Gasteiger partial charge in [0.1, 0.15) is 22.8 Å². The number of nitrogens with one attached hydrogen (secondary N) is 1. The number of methoxy groups -OCH3 is 1. The van der Waals surface area contributed by atoms with Crippen LogP contribution in [0.4, 0.5) is 20.4 Å². The highest BCUT2D eigenvalue weighted by Crippen LogP contribution is 2.63. The number of benzene rings is 2. The number of nitrogen functional groups attached to an aromatic ring is 1. The number of ether oxygens (including phenoxy) is 1. The van der Waals surface area contributed by atoms with Gasteiger partial charge in [0.25, 0.3) is 0 Å². The molecule has 194 valence electrons. The number of anilines is 2. The molecule has 10 heteroatoms. The molecular weight excluding hydrogens is 488 g/mol. The molecule has 8 nitrogen and oxygen atoms in total. The second-order valence-corrected chi connectivity index (χ2v) is 9.85. The van der Waals surface area contributed by atoms with Crippen LogP contribution in [0, 0.1) is 28.9 Å². The van der Waals surface area contributed by atoms with Crippen molar-refractivity contribution >= 4 is 28.3 Å². The fraction of sp³-hybridized carbons (Fsp3) is 0.286. The second kappa shape index (κ2) is 8.98. The molecule has 38 heavy (non-hydrogen) atoms. The lowest BCUT2D eigenvalue weighted by Gasteiger charge is -2.27. The van der Waals surface area contributed by atoms with Gasteiger partial charge < -0.3 is 21.1 Å². The summed E-state index contributed by atoms with van der Waals surface area (Å²) in [6.07, 6.45) is 4.05. The molecule has 1 saturated carbocycles. The first kappa shape index (κ1) is 24.2. The van der Waals surface area contributed by atoms with Crippen LogP contribution in [0.25, 0.3) is 10.9 Å². The fourth-order valence-electron chi connectivity index (χ4n) is 6.26. The van der Waals surface area contributed by atoms with Crippen LogP contribution in [0.2, 0.25) is 0 Å². The Morgan fingerprint density at radius 2 is 2.00 bits per heavy atom. The van der Waals surface area contributed by atoms with Gasteiger partial charge in [-0.3, -0.25) is 10.4 Å². The molecule has 4 aromatic rings. The maximum absolute atomic E-state index is 14.7. The number of fused-ring (bicyclic) bond motifs is 2. The Hall–Kier alpha value is -4.18. The van der Waals surface area contributed by atoms with E-state index in [0.717, 1.165) is 17.9 Å². The molecule has 0 bridgehead atoms. The molecule has 1 aliphatic carbocycles. The van der Waals surface area contributed by atoms with Crippen LogP contribution < -0.4 is 21.1 Å². The zero-order valence-corrected chi connectivity index (χ0v) is 20.8. The highest BCUT2D eigenvalue weighted by atomic mass is 19.2. The number of halogens is 2. The number of nitrogens with two attached hydrogens (primary N) is 2. The van der Waals surface area contributed by atoms with Crippen LogP contribution >= 0.6 is 0 Å². The molecule has 0 spiro atoms. The molecular formula is C28H27F2N7O. The lowest BCUT2D eigenvalue weighted by molar-refractivity contribution is 0.419. The van der Waals surface area contributed by atoms with Gasteiger partial charge in [0, 0.05) is 42.2 Å². The quantitative estimate of drug-likeness (QED) is 0.335. The van der Waals surface area contributed by atoms with E-state index in [4.69, 9.17) is 21.6 Å². The summed E-state index contributed by atoms with van der Waals surface area (Å²) in [4.78, 5) is 15.6. The van der Waals surface area contributed by atoms with Gasteiger partial charge in [0.15, 0.2) is 17.5 Å². The van der Waals surface area contributed by atoms with Crippen LogP contribution in [0.15, 0.2) is 54.9 Å². The highest BCUT2D eigenvalue weighted by Gasteiger charge is 2.66. The summed E-state index contributed by atoms with van der Waals surface area (Å²) in [5.41, 5.74) is 13.9. The topological polar surface area (TPSA) is 127 Å². The molecule has 2 aromatic carbocycles. The molecule has 3 heterocycles. The van der Waals surface area contributed by atoms with E-state index in [1.807, 2.05) is 6.07 Å². The lowest BCUT2D eigenvalue weighted by atomic mass is 9.90. The van der Waals surface area contributed by atoms with E-state index < -0.39 is 17.0 Å². The van der Waals surface area contributed by atoms with Crippen LogP contribution in [0.1, 0.15) is 23.2 Å². The van der Waals surface area contributed by atoms with Gasteiger partial charge in [-0.05, 0) is 48.1 Å². The summed E-state index contributed by atoms with van der Waals surface area (Å²) < 4.78 is 34.1. The minimum Gasteiger partial charge on any atom is -0.494 e. The van der Waals surface area contributed by atoms with Crippen molar-refractivity contribution in [3.63, 3.8) is 0 Å². The van der Waals surface area contributed by atoms with Crippen molar-refractivity contribution in [3.8, 4) is 5.75 Å². The largest absolute Gasteiger partial charge is 0.494 e. The first-order chi connectivity index (χ1) is 18.4. The van der Waals surface area contributed by atoms with E-state index in [2.05, 4.69) is 19.9 Å². The Kier molecular flexibility index (Phi) is 5.71. The third-order valence-corrected chi connectivity index (χ3v) is 8.19. The summed E-state index contributed by atoms with van der Waals surface area (Å²) in [5, 5.41) is 9.59. The molecule has 6 rings (SSSR count). The first-order valence-corrected chi connectivity index (χ1v) is 12.4. The van der Waals surface area contributed by atoms with E-state index in [1.54, 1.807) is 43.8 Å². The zero-order chi connectivity index (χ0) is 26.6. The van der Waals surface area contributed by atoms with Gasteiger partial charge >= 0.3 is 0 Å². The van der Waals surface area contributed by atoms with Gasteiger partial charge in [-0.1, -0.05) is 18.2 Å². The standard InChI is InChI=1S/C28H27F2N7O/c1-38-21-8-7-15(16-4-3-10-34-25(16)21)24(32)26-27(33)36-22(12-35-26)37-11-9-17-19(13-37)28(17,14-31)18-5-2-6-20(29)23(18)30/h2-8,10,12,17,19,32H,9,11,13-14,31H2,1H3,(H2,33,36)/t17-,19+,28-/m1/s1. The summed E-state index contributed by atoms with van der Waals surface area (Å²) in [6, 6.07) is 11.5. The predicted molar refractivity (Wildman–Crippen MR) is 142 cm³/mol. The van der Waals surface area contributed by atoms with Crippen molar-refractivity contribution in [3.05, 3.63) is 83.3 Å². The van der Waals surface area contributed by atoms with Crippen LogP contribution in [-0.2, 0) is 5.41 Å². The summed E-state index contributed by atoms with van der Waals surface area (Å²) in [5.74, 6) is -0.0935. The number of aromatic nitrogens is 3. The number of pyridine rings is 1. The summed E-state index contributed by atoms with van der Waals surface area (Å²) in [7, 11) is 1.58. The Labute approximate surface area is 218 Å². The van der Waals surface area contributed by atoms with Gasteiger partial charge in [-0.2, -0.15) is 0 Å². The average molecular weight is 516 g/mol. The summed E-state index contributed by atoms with van der Waals surface area (Å²) >= 11 is 0. The predicted octanol–water partition coefficient (Wildman–Crippen LogP) is 3.66. The molecule has 0 unspecified atom stereocenters. The Bertz CT molecular complexity index is 1580. The molecule has 0 amide bonds. The molecule has 2 aliphatic rings. The van der Waals surface area contributed by atoms with Gasteiger partial charge in [0.05, 0.1) is 19.0 Å². The van der Waals surface area contributed by atoms with Crippen molar-refractivity contribution < 1.29 is 13.5 Å².